The van der Waals surface area contributed by atoms with E-state index in [0.29, 0.717) is 24.7 Å². The van der Waals surface area contributed by atoms with Crippen LogP contribution in [0.25, 0.3) is 0 Å². The maximum absolute atomic E-state index is 10.4. The highest BCUT2D eigenvalue weighted by atomic mass is 16.4. The van der Waals surface area contributed by atoms with Gasteiger partial charge in [-0.05, 0) is 19.3 Å². The number of oxazole rings is 1. The average molecular weight is 237 g/mol. The zero-order valence-corrected chi connectivity index (χ0v) is 10.0. The minimum atomic E-state index is -0.760. The molecule has 1 aromatic heterocycles. The second kappa shape index (κ2) is 5.84. The molecule has 0 radical (unpaired) electrons. The van der Waals surface area contributed by atoms with Crippen molar-refractivity contribution in [2.75, 3.05) is 0 Å². The number of hydrogen-bond donors (Lipinski definition) is 1. The van der Waals surface area contributed by atoms with Crippen molar-refractivity contribution in [2.45, 2.75) is 57.3 Å². The molecule has 0 amide bonds. The Hall–Kier alpha value is -1.32. The van der Waals surface area contributed by atoms with Gasteiger partial charge in [-0.15, -0.1) is 0 Å². The van der Waals surface area contributed by atoms with Crippen molar-refractivity contribution in [3.8, 4) is 0 Å². The topological polar surface area (TPSA) is 63.3 Å². The standard InChI is InChI=1S/C13H19NO3/c15-13(16)8-4-7-12-14-9-11(17-12)10-5-2-1-3-6-10/h9-10H,1-8H2,(H,15,16). The molecule has 1 fully saturated rings. The molecule has 4 heteroatoms. The predicted molar refractivity (Wildman–Crippen MR) is 62.9 cm³/mol. The molecule has 94 valence electrons. The molecule has 0 aromatic carbocycles. The van der Waals surface area contributed by atoms with E-state index < -0.39 is 5.97 Å². The predicted octanol–water partition coefficient (Wildman–Crippen LogP) is 3.13. The maximum Gasteiger partial charge on any atom is 0.303 e. The molecule has 17 heavy (non-hydrogen) atoms. The Kier molecular flexibility index (Phi) is 4.18. The lowest BCUT2D eigenvalue weighted by Crippen LogP contribution is -2.03. The Balaban J connectivity index is 1.84. The van der Waals surface area contributed by atoms with Crippen LogP contribution in [-0.4, -0.2) is 16.1 Å². The van der Waals surface area contributed by atoms with E-state index in [9.17, 15) is 4.79 Å². The number of aliphatic carboxylic acids is 1. The molecule has 0 atom stereocenters. The van der Waals surface area contributed by atoms with Crippen LogP contribution in [0.15, 0.2) is 10.6 Å². The molecule has 1 aliphatic rings. The van der Waals surface area contributed by atoms with Crippen LogP contribution in [0.2, 0.25) is 0 Å². The normalized spacial score (nSPS) is 17.2. The van der Waals surface area contributed by atoms with Crippen molar-refractivity contribution in [2.24, 2.45) is 0 Å². The number of carboxylic acids is 1. The molecule has 0 bridgehead atoms. The van der Waals surface area contributed by atoms with Crippen LogP contribution in [0.1, 0.15) is 62.5 Å². The van der Waals surface area contributed by atoms with Crippen LogP contribution in [0.4, 0.5) is 0 Å². The largest absolute Gasteiger partial charge is 0.481 e. The fourth-order valence-corrected chi connectivity index (χ4v) is 2.41. The summed E-state index contributed by atoms with van der Waals surface area (Å²) in [5.74, 6) is 1.45. The molecule has 4 nitrogen and oxygen atoms in total. The molecule has 2 rings (SSSR count). The van der Waals surface area contributed by atoms with Gasteiger partial charge in [-0.25, -0.2) is 4.98 Å². The summed E-state index contributed by atoms with van der Waals surface area (Å²) in [5, 5.41) is 8.55. The zero-order valence-electron chi connectivity index (χ0n) is 10.0. The van der Waals surface area contributed by atoms with Crippen LogP contribution >= 0.6 is 0 Å². The molecule has 1 heterocycles. The first-order valence-corrected chi connectivity index (χ1v) is 6.42. The number of nitrogens with zero attached hydrogens (tertiary/aromatic N) is 1. The summed E-state index contributed by atoms with van der Waals surface area (Å²) < 4.78 is 5.70. The third-order valence-electron chi connectivity index (χ3n) is 3.36. The Labute approximate surface area is 101 Å². The molecule has 0 unspecified atom stereocenters. The molecule has 0 aliphatic heterocycles. The molecular formula is C13H19NO3. The SMILES string of the molecule is O=C(O)CCCc1ncc(C2CCCCC2)o1. The van der Waals surface area contributed by atoms with Crippen LogP contribution in [0, 0.1) is 0 Å². The first-order chi connectivity index (χ1) is 8.25. The third kappa shape index (κ3) is 3.58. The lowest BCUT2D eigenvalue weighted by atomic mass is 9.88. The summed E-state index contributed by atoms with van der Waals surface area (Å²) in [4.78, 5) is 14.6. The summed E-state index contributed by atoms with van der Waals surface area (Å²) in [6, 6.07) is 0. The third-order valence-corrected chi connectivity index (χ3v) is 3.36. The lowest BCUT2D eigenvalue weighted by Gasteiger charge is -2.18. The second-order valence-electron chi connectivity index (χ2n) is 4.74. The van der Waals surface area contributed by atoms with Gasteiger partial charge in [0.15, 0.2) is 5.89 Å². The van der Waals surface area contributed by atoms with Crippen LogP contribution in [-0.2, 0) is 11.2 Å². The van der Waals surface area contributed by atoms with E-state index >= 15 is 0 Å². The van der Waals surface area contributed by atoms with Crippen molar-refractivity contribution in [3.05, 3.63) is 17.8 Å². The molecule has 0 saturated heterocycles. The van der Waals surface area contributed by atoms with Crippen LogP contribution in [0.5, 0.6) is 0 Å². The minimum Gasteiger partial charge on any atom is -0.481 e. The molecule has 1 N–H and O–H groups in total. The van der Waals surface area contributed by atoms with E-state index in [1.165, 1.54) is 32.1 Å². The van der Waals surface area contributed by atoms with Crippen LogP contribution in [0.3, 0.4) is 0 Å². The van der Waals surface area contributed by atoms with E-state index in [4.69, 9.17) is 9.52 Å². The van der Waals surface area contributed by atoms with E-state index in [1.54, 1.807) is 0 Å². The van der Waals surface area contributed by atoms with Gasteiger partial charge < -0.3 is 9.52 Å². The van der Waals surface area contributed by atoms with Gasteiger partial charge in [0.25, 0.3) is 0 Å². The van der Waals surface area contributed by atoms with Crippen LogP contribution < -0.4 is 0 Å². The average Bonchev–Trinajstić information content (AvgIpc) is 2.78. The molecule has 1 aliphatic carbocycles. The summed E-state index contributed by atoms with van der Waals surface area (Å²) in [6.45, 7) is 0. The number of carboxylic acid groups (broad SMARTS) is 1. The van der Waals surface area contributed by atoms with Gasteiger partial charge >= 0.3 is 5.97 Å². The highest BCUT2D eigenvalue weighted by molar-refractivity contribution is 5.66. The lowest BCUT2D eigenvalue weighted by molar-refractivity contribution is -0.137. The Morgan fingerprint density at radius 1 is 1.41 bits per heavy atom. The Bertz CT molecular complexity index is 366. The molecule has 1 saturated carbocycles. The summed E-state index contributed by atoms with van der Waals surface area (Å²) in [5.41, 5.74) is 0. The van der Waals surface area contributed by atoms with Gasteiger partial charge in [0.1, 0.15) is 5.76 Å². The van der Waals surface area contributed by atoms with Crippen molar-refractivity contribution >= 4 is 5.97 Å². The smallest absolute Gasteiger partial charge is 0.303 e. The van der Waals surface area contributed by atoms with Crippen molar-refractivity contribution < 1.29 is 14.3 Å². The maximum atomic E-state index is 10.4. The number of aryl methyl sites for hydroxylation is 1. The Morgan fingerprint density at radius 2 is 2.18 bits per heavy atom. The molecule has 1 aromatic rings. The van der Waals surface area contributed by atoms with Crippen molar-refractivity contribution in [1.29, 1.82) is 0 Å². The zero-order chi connectivity index (χ0) is 12.1. The van der Waals surface area contributed by atoms with E-state index in [1.807, 2.05) is 6.20 Å². The van der Waals surface area contributed by atoms with Gasteiger partial charge in [0.2, 0.25) is 0 Å². The van der Waals surface area contributed by atoms with Gasteiger partial charge in [0.05, 0.1) is 6.20 Å². The second-order valence-corrected chi connectivity index (χ2v) is 4.74. The van der Waals surface area contributed by atoms with E-state index in [-0.39, 0.29) is 6.42 Å². The first kappa shape index (κ1) is 12.1. The summed E-state index contributed by atoms with van der Waals surface area (Å²) in [7, 11) is 0. The monoisotopic (exact) mass is 237 g/mol. The number of carbonyl (C=O) groups is 1. The summed E-state index contributed by atoms with van der Waals surface area (Å²) >= 11 is 0. The van der Waals surface area contributed by atoms with Gasteiger partial charge in [-0.2, -0.15) is 0 Å². The number of rotatable bonds is 5. The number of hydrogen-bond acceptors (Lipinski definition) is 3. The number of aromatic nitrogens is 1. The van der Waals surface area contributed by atoms with Gasteiger partial charge in [-0.1, -0.05) is 19.3 Å². The fourth-order valence-electron chi connectivity index (χ4n) is 2.41. The summed E-state index contributed by atoms with van der Waals surface area (Å²) in [6.07, 6.45) is 9.51. The minimum absolute atomic E-state index is 0.182. The first-order valence-electron chi connectivity index (χ1n) is 6.42. The highest BCUT2D eigenvalue weighted by Gasteiger charge is 2.19. The fraction of sp³-hybridized carbons (Fsp3) is 0.692. The quantitative estimate of drug-likeness (QED) is 0.854. The van der Waals surface area contributed by atoms with Gasteiger partial charge in [0, 0.05) is 18.8 Å². The van der Waals surface area contributed by atoms with Gasteiger partial charge in [-0.3, -0.25) is 4.79 Å². The van der Waals surface area contributed by atoms with Crippen molar-refractivity contribution in [1.82, 2.24) is 4.98 Å². The molecular weight excluding hydrogens is 218 g/mol. The van der Waals surface area contributed by atoms with E-state index in [0.717, 1.165) is 5.76 Å². The van der Waals surface area contributed by atoms with E-state index in [2.05, 4.69) is 4.98 Å². The van der Waals surface area contributed by atoms with Crippen molar-refractivity contribution in [3.63, 3.8) is 0 Å². The molecule has 0 spiro atoms. The highest BCUT2D eigenvalue weighted by Crippen LogP contribution is 2.32. The Morgan fingerprint density at radius 3 is 2.88 bits per heavy atom.